The number of pyridine rings is 1. The Kier molecular flexibility index (Phi) is 3.17. The SMILES string of the molecule is CC(C)(C)c1cc(N2CCCCC2)ccn1. The maximum atomic E-state index is 4.48. The third-order valence-corrected chi connectivity index (χ3v) is 3.23. The molecule has 2 rings (SSSR count). The summed E-state index contributed by atoms with van der Waals surface area (Å²) in [6.07, 6.45) is 5.98. The van der Waals surface area contributed by atoms with Gasteiger partial charge >= 0.3 is 0 Å². The van der Waals surface area contributed by atoms with Gasteiger partial charge in [-0.2, -0.15) is 0 Å². The van der Waals surface area contributed by atoms with Crippen LogP contribution < -0.4 is 4.90 Å². The molecular weight excluding hydrogens is 196 g/mol. The van der Waals surface area contributed by atoms with Crippen LogP contribution in [0.25, 0.3) is 0 Å². The van der Waals surface area contributed by atoms with Gasteiger partial charge in [-0.25, -0.2) is 0 Å². The molecule has 0 saturated carbocycles. The summed E-state index contributed by atoms with van der Waals surface area (Å²) in [6, 6.07) is 4.39. The van der Waals surface area contributed by atoms with E-state index < -0.39 is 0 Å². The molecule has 0 aliphatic carbocycles. The first-order valence-electron chi connectivity index (χ1n) is 6.29. The number of rotatable bonds is 1. The quantitative estimate of drug-likeness (QED) is 0.718. The Hall–Kier alpha value is -1.05. The van der Waals surface area contributed by atoms with Crippen molar-refractivity contribution < 1.29 is 0 Å². The van der Waals surface area contributed by atoms with E-state index in [1.807, 2.05) is 6.20 Å². The molecule has 1 fully saturated rings. The monoisotopic (exact) mass is 218 g/mol. The molecule has 1 saturated heterocycles. The zero-order valence-electron chi connectivity index (χ0n) is 10.7. The largest absolute Gasteiger partial charge is 0.371 e. The first-order chi connectivity index (χ1) is 7.57. The highest BCUT2D eigenvalue weighted by atomic mass is 15.1. The Morgan fingerprint density at radius 2 is 1.81 bits per heavy atom. The lowest BCUT2D eigenvalue weighted by molar-refractivity contribution is 0.561. The van der Waals surface area contributed by atoms with Crippen LogP contribution in [0.2, 0.25) is 0 Å². The van der Waals surface area contributed by atoms with Gasteiger partial charge in [0.1, 0.15) is 0 Å². The predicted molar refractivity (Wildman–Crippen MR) is 69.0 cm³/mol. The molecule has 0 unspecified atom stereocenters. The van der Waals surface area contributed by atoms with Crippen LogP contribution in [-0.4, -0.2) is 18.1 Å². The Bertz CT molecular complexity index is 346. The Labute approximate surface area is 98.7 Å². The van der Waals surface area contributed by atoms with E-state index in [2.05, 4.69) is 42.8 Å². The summed E-state index contributed by atoms with van der Waals surface area (Å²) < 4.78 is 0. The minimum absolute atomic E-state index is 0.145. The molecule has 1 aliphatic rings. The predicted octanol–water partition coefficient (Wildman–Crippen LogP) is 3.37. The molecule has 2 heterocycles. The van der Waals surface area contributed by atoms with Gasteiger partial charge in [0.15, 0.2) is 0 Å². The van der Waals surface area contributed by atoms with Crippen LogP contribution in [0.4, 0.5) is 5.69 Å². The molecule has 2 heteroatoms. The Balaban J connectivity index is 2.21. The fourth-order valence-electron chi connectivity index (χ4n) is 2.18. The van der Waals surface area contributed by atoms with E-state index in [1.54, 1.807) is 0 Å². The first kappa shape index (κ1) is 11.4. The van der Waals surface area contributed by atoms with Crippen molar-refractivity contribution in [3.8, 4) is 0 Å². The topological polar surface area (TPSA) is 16.1 Å². The van der Waals surface area contributed by atoms with Gasteiger partial charge in [-0.1, -0.05) is 20.8 Å². The van der Waals surface area contributed by atoms with Gasteiger partial charge < -0.3 is 4.90 Å². The van der Waals surface area contributed by atoms with E-state index in [1.165, 1.54) is 43.7 Å². The van der Waals surface area contributed by atoms with Gasteiger partial charge in [0.25, 0.3) is 0 Å². The van der Waals surface area contributed by atoms with E-state index in [0.717, 1.165) is 0 Å². The van der Waals surface area contributed by atoms with Gasteiger partial charge in [0.2, 0.25) is 0 Å². The van der Waals surface area contributed by atoms with Crippen molar-refractivity contribution in [3.63, 3.8) is 0 Å². The molecule has 0 spiro atoms. The summed E-state index contributed by atoms with van der Waals surface area (Å²) in [7, 11) is 0. The molecular formula is C14H22N2. The van der Waals surface area contributed by atoms with Crippen molar-refractivity contribution >= 4 is 5.69 Å². The van der Waals surface area contributed by atoms with E-state index >= 15 is 0 Å². The third-order valence-electron chi connectivity index (χ3n) is 3.23. The second kappa shape index (κ2) is 4.44. The minimum atomic E-state index is 0.145. The van der Waals surface area contributed by atoms with Crippen LogP contribution in [0.3, 0.4) is 0 Å². The van der Waals surface area contributed by atoms with Crippen LogP contribution in [0, 0.1) is 0 Å². The summed E-state index contributed by atoms with van der Waals surface area (Å²) in [5.74, 6) is 0. The van der Waals surface area contributed by atoms with Gasteiger partial charge in [-0.15, -0.1) is 0 Å². The molecule has 1 aliphatic heterocycles. The van der Waals surface area contributed by atoms with Gasteiger partial charge in [-0.3, -0.25) is 4.98 Å². The molecule has 0 N–H and O–H groups in total. The first-order valence-corrected chi connectivity index (χ1v) is 6.29. The molecule has 1 aromatic heterocycles. The number of aromatic nitrogens is 1. The normalized spacial score (nSPS) is 17.6. The van der Waals surface area contributed by atoms with Gasteiger partial charge in [0.05, 0.1) is 0 Å². The van der Waals surface area contributed by atoms with E-state index in [9.17, 15) is 0 Å². The molecule has 0 aromatic carbocycles. The molecule has 2 nitrogen and oxygen atoms in total. The van der Waals surface area contributed by atoms with Gasteiger partial charge in [0, 0.05) is 36.1 Å². The molecule has 88 valence electrons. The number of hydrogen-bond acceptors (Lipinski definition) is 2. The van der Waals surface area contributed by atoms with E-state index in [-0.39, 0.29) is 5.41 Å². The average Bonchev–Trinajstić information content (AvgIpc) is 2.29. The summed E-state index contributed by atoms with van der Waals surface area (Å²) in [6.45, 7) is 9.06. The fraction of sp³-hybridized carbons (Fsp3) is 0.643. The second-order valence-corrected chi connectivity index (χ2v) is 5.70. The lowest BCUT2D eigenvalue weighted by Gasteiger charge is -2.30. The fourth-order valence-corrected chi connectivity index (χ4v) is 2.18. The third kappa shape index (κ3) is 2.55. The lowest BCUT2D eigenvalue weighted by Crippen LogP contribution is -2.29. The second-order valence-electron chi connectivity index (χ2n) is 5.70. The lowest BCUT2D eigenvalue weighted by atomic mass is 9.91. The van der Waals surface area contributed by atoms with Crippen LogP contribution in [-0.2, 0) is 5.41 Å². The van der Waals surface area contributed by atoms with Crippen molar-refractivity contribution in [1.29, 1.82) is 0 Å². The highest BCUT2D eigenvalue weighted by Gasteiger charge is 2.17. The standard InChI is InChI=1S/C14H22N2/c1-14(2,3)13-11-12(7-8-15-13)16-9-5-4-6-10-16/h7-8,11H,4-6,9-10H2,1-3H3. The number of hydrogen-bond donors (Lipinski definition) is 0. The molecule has 0 atom stereocenters. The number of nitrogens with zero attached hydrogens (tertiary/aromatic N) is 2. The molecule has 0 bridgehead atoms. The zero-order chi connectivity index (χ0) is 11.6. The van der Waals surface area contributed by atoms with Crippen molar-refractivity contribution in [2.45, 2.75) is 45.4 Å². The summed E-state index contributed by atoms with van der Waals surface area (Å²) in [5, 5.41) is 0. The van der Waals surface area contributed by atoms with Crippen LogP contribution >= 0.6 is 0 Å². The van der Waals surface area contributed by atoms with Gasteiger partial charge in [-0.05, 0) is 31.4 Å². The highest BCUT2D eigenvalue weighted by molar-refractivity contribution is 5.47. The minimum Gasteiger partial charge on any atom is -0.371 e. The number of piperidine rings is 1. The van der Waals surface area contributed by atoms with E-state index in [4.69, 9.17) is 0 Å². The molecule has 1 aromatic rings. The molecule has 0 radical (unpaired) electrons. The van der Waals surface area contributed by atoms with Crippen molar-refractivity contribution in [2.24, 2.45) is 0 Å². The maximum absolute atomic E-state index is 4.48. The Morgan fingerprint density at radius 3 is 2.44 bits per heavy atom. The van der Waals surface area contributed by atoms with Crippen molar-refractivity contribution in [2.75, 3.05) is 18.0 Å². The molecule has 0 amide bonds. The zero-order valence-corrected chi connectivity index (χ0v) is 10.7. The number of anilines is 1. The maximum Gasteiger partial charge on any atom is 0.0477 e. The van der Waals surface area contributed by atoms with E-state index in [0.29, 0.717) is 0 Å². The smallest absolute Gasteiger partial charge is 0.0477 e. The van der Waals surface area contributed by atoms with Crippen LogP contribution in [0.5, 0.6) is 0 Å². The molecule has 16 heavy (non-hydrogen) atoms. The van der Waals surface area contributed by atoms with Crippen molar-refractivity contribution in [3.05, 3.63) is 24.0 Å². The van der Waals surface area contributed by atoms with Crippen molar-refractivity contribution in [1.82, 2.24) is 4.98 Å². The summed E-state index contributed by atoms with van der Waals surface area (Å²) >= 11 is 0. The highest BCUT2D eigenvalue weighted by Crippen LogP contribution is 2.25. The summed E-state index contributed by atoms with van der Waals surface area (Å²) in [4.78, 5) is 6.97. The Morgan fingerprint density at radius 1 is 1.12 bits per heavy atom. The summed E-state index contributed by atoms with van der Waals surface area (Å²) in [5.41, 5.74) is 2.68. The van der Waals surface area contributed by atoms with Crippen LogP contribution in [0.1, 0.15) is 45.7 Å². The van der Waals surface area contributed by atoms with Crippen LogP contribution in [0.15, 0.2) is 18.3 Å². The average molecular weight is 218 g/mol.